The molecule has 0 bridgehead atoms. The van der Waals surface area contributed by atoms with Crippen molar-refractivity contribution in [3.05, 3.63) is 42.0 Å². The molecule has 0 saturated carbocycles. The second-order valence-electron chi connectivity index (χ2n) is 2.93. The fourth-order valence-electron chi connectivity index (χ4n) is 1.20. The van der Waals surface area contributed by atoms with Crippen molar-refractivity contribution in [1.82, 2.24) is 0 Å². The lowest BCUT2D eigenvalue weighted by Crippen LogP contribution is -1.78. The van der Waals surface area contributed by atoms with Gasteiger partial charge in [-0.15, -0.1) is 11.8 Å². The zero-order valence-corrected chi connectivity index (χ0v) is 9.10. The molecular formula is C12H16S. The summed E-state index contributed by atoms with van der Waals surface area (Å²) < 4.78 is 0. The van der Waals surface area contributed by atoms with Crippen LogP contribution in [0.4, 0.5) is 0 Å². The predicted octanol–water partition coefficient (Wildman–Crippen LogP) is 4.19. The van der Waals surface area contributed by atoms with Crippen LogP contribution < -0.4 is 0 Å². The summed E-state index contributed by atoms with van der Waals surface area (Å²) in [6.45, 7) is 2.21. The van der Waals surface area contributed by atoms with E-state index in [9.17, 15) is 0 Å². The molecule has 0 aliphatic heterocycles. The maximum absolute atomic E-state index is 2.32. The van der Waals surface area contributed by atoms with Crippen molar-refractivity contribution in [2.24, 2.45) is 0 Å². The third kappa shape index (κ3) is 3.27. The zero-order chi connectivity index (χ0) is 9.52. The standard InChI is InChI=1S/C12H16S/c1-3-4-10-12(13-2)11-8-6-5-7-9-11/h5-10H,3-4H2,1-2H3. The summed E-state index contributed by atoms with van der Waals surface area (Å²) in [5.74, 6) is 0. The van der Waals surface area contributed by atoms with Gasteiger partial charge in [0, 0.05) is 4.91 Å². The van der Waals surface area contributed by atoms with E-state index in [2.05, 4.69) is 49.6 Å². The summed E-state index contributed by atoms with van der Waals surface area (Å²) in [5, 5.41) is 0. The second kappa shape index (κ2) is 5.87. The molecule has 0 spiro atoms. The van der Waals surface area contributed by atoms with E-state index in [0.29, 0.717) is 0 Å². The summed E-state index contributed by atoms with van der Waals surface area (Å²) in [6, 6.07) is 10.6. The third-order valence-corrected chi connectivity index (χ3v) is 2.74. The maximum Gasteiger partial charge on any atom is 0.0102 e. The van der Waals surface area contributed by atoms with Crippen LogP contribution in [0.1, 0.15) is 25.3 Å². The quantitative estimate of drug-likeness (QED) is 0.689. The van der Waals surface area contributed by atoms with Crippen LogP contribution in [-0.4, -0.2) is 6.26 Å². The van der Waals surface area contributed by atoms with E-state index < -0.39 is 0 Å². The molecule has 0 fully saturated rings. The van der Waals surface area contributed by atoms with Crippen LogP contribution in [0.15, 0.2) is 36.4 Å². The molecule has 1 aromatic rings. The molecule has 0 unspecified atom stereocenters. The van der Waals surface area contributed by atoms with Crippen molar-refractivity contribution < 1.29 is 0 Å². The summed E-state index contributed by atoms with van der Waals surface area (Å²) >= 11 is 1.82. The molecule has 0 aliphatic rings. The minimum Gasteiger partial charge on any atom is -0.129 e. The van der Waals surface area contributed by atoms with Crippen LogP contribution in [0, 0.1) is 0 Å². The predicted molar refractivity (Wildman–Crippen MR) is 62.8 cm³/mol. The van der Waals surface area contributed by atoms with E-state index in [1.54, 1.807) is 0 Å². The van der Waals surface area contributed by atoms with Crippen molar-refractivity contribution in [1.29, 1.82) is 0 Å². The van der Waals surface area contributed by atoms with Crippen LogP contribution >= 0.6 is 11.8 Å². The number of hydrogen-bond acceptors (Lipinski definition) is 1. The van der Waals surface area contributed by atoms with Gasteiger partial charge < -0.3 is 0 Å². The Labute approximate surface area is 85.1 Å². The fourth-order valence-corrected chi connectivity index (χ4v) is 1.85. The van der Waals surface area contributed by atoms with Gasteiger partial charge in [0.2, 0.25) is 0 Å². The van der Waals surface area contributed by atoms with Gasteiger partial charge in [0.1, 0.15) is 0 Å². The lowest BCUT2D eigenvalue weighted by Gasteiger charge is -2.03. The molecule has 1 rings (SSSR count). The van der Waals surface area contributed by atoms with E-state index in [1.807, 2.05) is 11.8 Å². The SMILES string of the molecule is CCCC=C(SC)c1ccccc1. The van der Waals surface area contributed by atoms with Gasteiger partial charge in [0.25, 0.3) is 0 Å². The number of unbranched alkanes of at least 4 members (excludes halogenated alkanes) is 1. The molecule has 0 aliphatic carbocycles. The molecule has 1 aromatic carbocycles. The van der Waals surface area contributed by atoms with Gasteiger partial charge >= 0.3 is 0 Å². The van der Waals surface area contributed by atoms with Crippen molar-refractivity contribution in [2.75, 3.05) is 6.26 Å². The Kier molecular flexibility index (Phi) is 4.69. The van der Waals surface area contributed by atoms with E-state index in [1.165, 1.54) is 23.3 Å². The van der Waals surface area contributed by atoms with Crippen LogP contribution in [0.5, 0.6) is 0 Å². The molecule has 70 valence electrons. The lowest BCUT2D eigenvalue weighted by molar-refractivity contribution is 0.962. The van der Waals surface area contributed by atoms with Gasteiger partial charge in [0.15, 0.2) is 0 Å². The van der Waals surface area contributed by atoms with Crippen molar-refractivity contribution >= 4 is 16.7 Å². The molecular weight excluding hydrogens is 176 g/mol. The number of rotatable bonds is 4. The average Bonchev–Trinajstić information content (AvgIpc) is 2.21. The van der Waals surface area contributed by atoms with Crippen LogP contribution in [0.25, 0.3) is 4.91 Å². The van der Waals surface area contributed by atoms with Crippen molar-refractivity contribution in [3.63, 3.8) is 0 Å². The third-order valence-electron chi connectivity index (χ3n) is 1.90. The van der Waals surface area contributed by atoms with Gasteiger partial charge in [-0.3, -0.25) is 0 Å². The number of hydrogen-bond donors (Lipinski definition) is 0. The topological polar surface area (TPSA) is 0 Å². The highest BCUT2D eigenvalue weighted by Gasteiger charge is 1.96. The van der Waals surface area contributed by atoms with E-state index in [0.717, 1.165) is 0 Å². The molecule has 0 amide bonds. The number of thioether (sulfide) groups is 1. The molecule has 0 nitrogen and oxygen atoms in total. The second-order valence-corrected chi connectivity index (χ2v) is 3.78. The lowest BCUT2D eigenvalue weighted by atomic mass is 10.2. The normalized spacial score (nSPS) is 11.7. The summed E-state index contributed by atoms with van der Waals surface area (Å²) in [4.78, 5) is 1.39. The van der Waals surface area contributed by atoms with Crippen molar-refractivity contribution in [3.8, 4) is 0 Å². The molecule has 0 N–H and O–H groups in total. The molecule has 0 atom stereocenters. The number of benzene rings is 1. The van der Waals surface area contributed by atoms with Gasteiger partial charge in [-0.25, -0.2) is 0 Å². The van der Waals surface area contributed by atoms with Crippen LogP contribution in [0.2, 0.25) is 0 Å². The molecule has 0 aromatic heterocycles. The number of allylic oxidation sites excluding steroid dienone is 1. The van der Waals surface area contributed by atoms with E-state index in [4.69, 9.17) is 0 Å². The monoisotopic (exact) mass is 192 g/mol. The summed E-state index contributed by atoms with van der Waals surface area (Å²) in [5.41, 5.74) is 1.34. The Bertz CT molecular complexity index is 262. The average molecular weight is 192 g/mol. The van der Waals surface area contributed by atoms with Crippen LogP contribution in [-0.2, 0) is 0 Å². The smallest absolute Gasteiger partial charge is 0.0102 e. The Morgan fingerprint density at radius 1 is 1.31 bits per heavy atom. The van der Waals surface area contributed by atoms with E-state index >= 15 is 0 Å². The van der Waals surface area contributed by atoms with Gasteiger partial charge in [-0.1, -0.05) is 49.8 Å². The van der Waals surface area contributed by atoms with Gasteiger partial charge in [0.05, 0.1) is 0 Å². The minimum atomic E-state index is 1.17. The Morgan fingerprint density at radius 2 is 2.00 bits per heavy atom. The largest absolute Gasteiger partial charge is 0.129 e. The highest BCUT2D eigenvalue weighted by Crippen LogP contribution is 2.25. The summed E-state index contributed by atoms with van der Waals surface area (Å²) in [6.07, 6.45) is 6.84. The fraction of sp³-hybridized carbons (Fsp3) is 0.333. The molecule has 0 heterocycles. The first-order chi connectivity index (χ1) is 6.38. The Morgan fingerprint density at radius 3 is 2.54 bits per heavy atom. The van der Waals surface area contributed by atoms with Crippen LogP contribution in [0.3, 0.4) is 0 Å². The van der Waals surface area contributed by atoms with Gasteiger partial charge in [-0.05, 0) is 18.2 Å². The first kappa shape index (κ1) is 10.4. The summed E-state index contributed by atoms with van der Waals surface area (Å²) in [7, 11) is 0. The maximum atomic E-state index is 2.32. The zero-order valence-electron chi connectivity index (χ0n) is 8.29. The minimum absolute atomic E-state index is 1.17. The molecule has 0 saturated heterocycles. The van der Waals surface area contributed by atoms with E-state index in [-0.39, 0.29) is 0 Å². The van der Waals surface area contributed by atoms with Crippen molar-refractivity contribution in [2.45, 2.75) is 19.8 Å². The first-order valence-electron chi connectivity index (χ1n) is 4.68. The molecule has 1 heteroatoms. The Hall–Kier alpha value is -0.690. The Balaban J connectivity index is 2.78. The first-order valence-corrected chi connectivity index (χ1v) is 5.90. The molecule has 13 heavy (non-hydrogen) atoms. The highest BCUT2D eigenvalue weighted by molar-refractivity contribution is 8.07. The highest BCUT2D eigenvalue weighted by atomic mass is 32.2. The molecule has 0 radical (unpaired) electrons. The van der Waals surface area contributed by atoms with Gasteiger partial charge in [-0.2, -0.15) is 0 Å².